The molecule has 1 aromatic heterocycles. The van der Waals surface area contributed by atoms with Crippen molar-refractivity contribution in [3.05, 3.63) is 53.1 Å². The fourth-order valence-corrected chi connectivity index (χ4v) is 4.16. The SMILES string of the molecule is CCCN1C(=O)c2c(C(=O)NCc3ccccc3C)ncn2C[C@]1(C)C(=O)NCCC(C)C. The van der Waals surface area contributed by atoms with Crippen molar-refractivity contribution < 1.29 is 14.4 Å². The number of aryl methyl sites for hydroxylation is 1. The third-order valence-electron chi connectivity index (χ3n) is 6.22. The van der Waals surface area contributed by atoms with Gasteiger partial charge in [0.1, 0.15) is 11.2 Å². The van der Waals surface area contributed by atoms with Crippen LogP contribution in [0.15, 0.2) is 30.6 Å². The van der Waals surface area contributed by atoms with E-state index < -0.39 is 11.4 Å². The van der Waals surface area contributed by atoms with E-state index in [1.54, 1.807) is 16.4 Å². The first-order valence-corrected chi connectivity index (χ1v) is 11.7. The Hall–Kier alpha value is -3.16. The molecule has 0 spiro atoms. The Morgan fingerprint density at radius 1 is 1.21 bits per heavy atom. The summed E-state index contributed by atoms with van der Waals surface area (Å²) in [5.41, 5.74) is 1.36. The lowest BCUT2D eigenvalue weighted by molar-refractivity contribution is -0.132. The van der Waals surface area contributed by atoms with Gasteiger partial charge < -0.3 is 20.1 Å². The lowest BCUT2D eigenvalue weighted by Crippen LogP contribution is -2.64. The van der Waals surface area contributed by atoms with Gasteiger partial charge in [-0.25, -0.2) is 4.98 Å². The molecule has 0 saturated heterocycles. The van der Waals surface area contributed by atoms with Gasteiger partial charge >= 0.3 is 0 Å². The van der Waals surface area contributed by atoms with Gasteiger partial charge in [0.25, 0.3) is 11.8 Å². The number of aromatic nitrogens is 2. The molecule has 3 rings (SSSR count). The summed E-state index contributed by atoms with van der Waals surface area (Å²) in [5, 5.41) is 5.87. The maximum atomic E-state index is 13.5. The molecule has 1 atom stereocenters. The predicted molar refractivity (Wildman–Crippen MR) is 127 cm³/mol. The van der Waals surface area contributed by atoms with Crippen LogP contribution in [-0.4, -0.2) is 50.8 Å². The molecule has 2 N–H and O–H groups in total. The molecule has 0 radical (unpaired) electrons. The Morgan fingerprint density at radius 2 is 1.94 bits per heavy atom. The second-order valence-corrected chi connectivity index (χ2v) is 9.35. The van der Waals surface area contributed by atoms with Gasteiger partial charge in [0, 0.05) is 19.6 Å². The largest absolute Gasteiger partial charge is 0.354 e. The quantitative estimate of drug-likeness (QED) is 0.610. The van der Waals surface area contributed by atoms with Crippen LogP contribution in [0, 0.1) is 12.8 Å². The fourth-order valence-electron chi connectivity index (χ4n) is 4.16. The van der Waals surface area contributed by atoms with Crippen molar-refractivity contribution in [3.8, 4) is 0 Å². The lowest BCUT2D eigenvalue weighted by atomic mass is 9.93. The van der Waals surface area contributed by atoms with E-state index in [2.05, 4.69) is 29.5 Å². The van der Waals surface area contributed by atoms with Gasteiger partial charge in [0.2, 0.25) is 5.91 Å². The van der Waals surface area contributed by atoms with Gasteiger partial charge in [-0.2, -0.15) is 0 Å². The van der Waals surface area contributed by atoms with Crippen LogP contribution in [0.25, 0.3) is 0 Å². The van der Waals surface area contributed by atoms with Crippen molar-refractivity contribution in [2.75, 3.05) is 13.1 Å². The van der Waals surface area contributed by atoms with E-state index in [9.17, 15) is 14.4 Å². The summed E-state index contributed by atoms with van der Waals surface area (Å²) in [5.74, 6) is -0.460. The number of nitrogens with zero attached hydrogens (tertiary/aromatic N) is 3. The lowest BCUT2D eigenvalue weighted by Gasteiger charge is -2.43. The van der Waals surface area contributed by atoms with Gasteiger partial charge in [0.05, 0.1) is 12.9 Å². The number of nitrogens with one attached hydrogen (secondary N) is 2. The Labute approximate surface area is 195 Å². The minimum absolute atomic E-state index is 0.0944. The minimum atomic E-state index is -1.05. The van der Waals surface area contributed by atoms with Crippen molar-refractivity contribution in [3.63, 3.8) is 0 Å². The fraction of sp³-hybridized carbons (Fsp3) is 0.520. The van der Waals surface area contributed by atoms with Crippen LogP contribution in [0.5, 0.6) is 0 Å². The van der Waals surface area contributed by atoms with Crippen LogP contribution in [0.1, 0.15) is 72.6 Å². The third-order valence-corrected chi connectivity index (χ3v) is 6.22. The van der Waals surface area contributed by atoms with Crippen LogP contribution in [0.3, 0.4) is 0 Å². The molecule has 0 aliphatic carbocycles. The molecule has 1 aromatic carbocycles. The summed E-state index contributed by atoms with van der Waals surface area (Å²) in [6, 6.07) is 7.81. The van der Waals surface area contributed by atoms with Crippen molar-refractivity contribution in [1.29, 1.82) is 0 Å². The molecular formula is C25H35N5O3. The molecule has 0 unspecified atom stereocenters. The molecule has 2 heterocycles. The van der Waals surface area contributed by atoms with E-state index in [-0.39, 0.29) is 29.7 Å². The average Bonchev–Trinajstić information content (AvgIpc) is 3.19. The Morgan fingerprint density at radius 3 is 2.61 bits per heavy atom. The van der Waals surface area contributed by atoms with Gasteiger partial charge in [-0.3, -0.25) is 14.4 Å². The first-order chi connectivity index (χ1) is 15.7. The Balaban J connectivity index is 1.83. The van der Waals surface area contributed by atoms with E-state index in [0.29, 0.717) is 32.0 Å². The maximum absolute atomic E-state index is 13.5. The molecule has 178 valence electrons. The monoisotopic (exact) mass is 453 g/mol. The normalized spacial score (nSPS) is 17.8. The summed E-state index contributed by atoms with van der Waals surface area (Å²) in [7, 11) is 0. The molecule has 33 heavy (non-hydrogen) atoms. The molecule has 2 aromatic rings. The number of imidazole rings is 1. The van der Waals surface area contributed by atoms with E-state index >= 15 is 0 Å². The second kappa shape index (κ2) is 10.2. The maximum Gasteiger partial charge on any atom is 0.273 e. The number of benzene rings is 1. The molecule has 8 nitrogen and oxygen atoms in total. The van der Waals surface area contributed by atoms with Crippen LogP contribution < -0.4 is 10.6 Å². The smallest absolute Gasteiger partial charge is 0.273 e. The molecule has 0 saturated carbocycles. The highest BCUT2D eigenvalue weighted by Gasteiger charge is 2.48. The molecule has 3 amide bonds. The second-order valence-electron chi connectivity index (χ2n) is 9.35. The number of rotatable bonds is 9. The summed E-state index contributed by atoms with van der Waals surface area (Å²) in [6.45, 7) is 11.5. The van der Waals surface area contributed by atoms with Gasteiger partial charge in [-0.1, -0.05) is 45.0 Å². The summed E-state index contributed by atoms with van der Waals surface area (Å²) in [4.78, 5) is 45.5. The van der Waals surface area contributed by atoms with E-state index in [1.807, 2.05) is 38.1 Å². The van der Waals surface area contributed by atoms with Crippen molar-refractivity contribution >= 4 is 17.7 Å². The van der Waals surface area contributed by atoms with Gasteiger partial charge in [-0.15, -0.1) is 0 Å². The zero-order chi connectivity index (χ0) is 24.2. The molecule has 8 heteroatoms. The molecule has 1 aliphatic heterocycles. The predicted octanol–water partition coefficient (Wildman–Crippen LogP) is 2.91. The summed E-state index contributed by atoms with van der Waals surface area (Å²) >= 11 is 0. The molecular weight excluding hydrogens is 418 g/mol. The average molecular weight is 454 g/mol. The summed E-state index contributed by atoms with van der Waals surface area (Å²) in [6.07, 6.45) is 3.05. The zero-order valence-corrected chi connectivity index (χ0v) is 20.3. The van der Waals surface area contributed by atoms with Crippen molar-refractivity contribution in [2.45, 2.75) is 66.1 Å². The Bertz CT molecular complexity index is 1030. The van der Waals surface area contributed by atoms with E-state index in [1.165, 1.54) is 6.33 Å². The first kappa shape index (κ1) is 24.5. The zero-order valence-electron chi connectivity index (χ0n) is 20.3. The van der Waals surface area contributed by atoms with Gasteiger partial charge in [0.15, 0.2) is 5.69 Å². The standard InChI is InChI=1S/C25H35N5O3/c1-6-13-30-23(32)21-20(22(31)27-14-19-10-8-7-9-18(19)4)28-16-29(21)15-25(30,5)24(33)26-12-11-17(2)3/h7-10,16-17H,6,11-15H2,1-5H3,(H,26,33)(H,27,31)/t25-/m1/s1. The highest BCUT2D eigenvalue weighted by Crippen LogP contribution is 2.29. The van der Waals surface area contributed by atoms with E-state index in [4.69, 9.17) is 0 Å². The van der Waals surface area contributed by atoms with Crippen molar-refractivity contribution in [1.82, 2.24) is 25.1 Å². The minimum Gasteiger partial charge on any atom is -0.354 e. The highest BCUT2D eigenvalue weighted by atomic mass is 16.2. The van der Waals surface area contributed by atoms with Crippen molar-refractivity contribution in [2.24, 2.45) is 5.92 Å². The number of amides is 3. The highest BCUT2D eigenvalue weighted by molar-refractivity contribution is 6.07. The van der Waals surface area contributed by atoms with E-state index in [0.717, 1.165) is 17.5 Å². The number of carbonyl (C=O) groups is 3. The van der Waals surface area contributed by atoms with Crippen LogP contribution in [0.4, 0.5) is 0 Å². The van der Waals surface area contributed by atoms with Crippen LogP contribution in [-0.2, 0) is 17.9 Å². The molecule has 1 aliphatic rings. The number of hydrogen-bond acceptors (Lipinski definition) is 4. The number of carbonyl (C=O) groups excluding carboxylic acids is 3. The number of fused-ring (bicyclic) bond motifs is 1. The summed E-state index contributed by atoms with van der Waals surface area (Å²) < 4.78 is 1.64. The van der Waals surface area contributed by atoms with Crippen LogP contribution >= 0.6 is 0 Å². The van der Waals surface area contributed by atoms with Gasteiger partial charge in [-0.05, 0) is 43.7 Å². The molecule has 0 bridgehead atoms. The molecule has 0 fully saturated rings. The third kappa shape index (κ3) is 5.10. The Kier molecular flexibility index (Phi) is 7.56. The topological polar surface area (TPSA) is 96.3 Å². The first-order valence-electron chi connectivity index (χ1n) is 11.7. The van der Waals surface area contributed by atoms with Crippen LogP contribution in [0.2, 0.25) is 0 Å². The number of hydrogen-bond donors (Lipinski definition) is 2.